The Morgan fingerprint density at radius 1 is 1.41 bits per heavy atom. The molecule has 0 bridgehead atoms. The molecule has 0 aliphatic carbocycles. The van der Waals surface area contributed by atoms with Crippen molar-refractivity contribution in [1.29, 1.82) is 0 Å². The van der Waals surface area contributed by atoms with Crippen LogP contribution in [0.5, 0.6) is 5.75 Å². The third-order valence-corrected chi connectivity index (χ3v) is 1.85. The molecule has 0 spiro atoms. The highest BCUT2D eigenvalue weighted by atomic mass is 16.5. The van der Waals surface area contributed by atoms with Gasteiger partial charge in [0.2, 0.25) is 5.91 Å². The molecule has 91 valence electrons. The summed E-state index contributed by atoms with van der Waals surface area (Å²) in [6.45, 7) is 5.70. The summed E-state index contributed by atoms with van der Waals surface area (Å²) in [5.41, 5.74) is 5.02. The summed E-state index contributed by atoms with van der Waals surface area (Å²) in [6, 6.07) is 7.63. The number of hydrogen-bond donors (Lipinski definition) is 1. The van der Waals surface area contributed by atoms with Crippen LogP contribution in [0, 0.1) is 6.07 Å². The first-order valence-electron chi connectivity index (χ1n) is 5.30. The van der Waals surface area contributed by atoms with Gasteiger partial charge in [-0.3, -0.25) is 9.59 Å². The number of carbonyl (C=O) groups is 2. The van der Waals surface area contributed by atoms with Gasteiger partial charge in [0, 0.05) is 11.6 Å². The largest absolute Gasteiger partial charge is 0.487 e. The van der Waals surface area contributed by atoms with Gasteiger partial charge in [0.25, 0.3) is 0 Å². The van der Waals surface area contributed by atoms with E-state index in [4.69, 9.17) is 10.5 Å². The van der Waals surface area contributed by atoms with Gasteiger partial charge in [-0.25, -0.2) is 0 Å². The molecule has 1 aromatic rings. The SMILES string of the molecule is CC(C)(C)Oc1[c]ccc(C(=O)CC(N)=O)c1. The number of rotatable bonds is 4. The molecule has 1 aromatic carbocycles. The molecule has 0 unspecified atom stereocenters. The average molecular weight is 234 g/mol. The maximum atomic E-state index is 11.6. The molecule has 17 heavy (non-hydrogen) atoms. The lowest BCUT2D eigenvalue weighted by atomic mass is 10.1. The lowest BCUT2D eigenvalue weighted by Crippen LogP contribution is -2.23. The first-order chi connectivity index (χ1) is 7.78. The van der Waals surface area contributed by atoms with Crippen LogP contribution in [0.15, 0.2) is 18.2 Å². The highest BCUT2D eigenvalue weighted by Gasteiger charge is 2.14. The van der Waals surface area contributed by atoms with Crippen LogP contribution in [0.3, 0.4) is 0 Å². The Morgan fingerprint density at radius 2 is 2.06 bits per heavy atom. The van der Waals surface area contributed by atoms with Crippen LogP contribution in [-0.4, -0.2) is 17.3 Å². The molecule has 1 rings (SSSR count). The Morgan fingerprint density at radius 3 is 2.59 bits per heavy atom. The number of ether oxygens (including phenoxy) is 1. The standard InChI is InChI=1S/C13H16NO3/c1-13(2,3)17-10-6-4-5-9(7-10)11(15)8-12(14)16/h4-5,7H,8H2,1-3H3,(H2,14,16). The molecule has 1 amide bonds. The van der Waals surface area contributed by atoms with Crippen LogP contribution in [0.1, 0.15) is 37.6 Å². The van der Waals surface area contributed by atoms with Crippen molar-refractivity contribution in [1.82, 2.24) is 0 Å². The number of amides is 1. The van der Waals surface area contributed by atoms with Crippen LogP contribution >= 0.6 is 0 Å². The lowest BCUT2D eigenvalue weighted by Gasteiger charge is -2.21. The number of nitrogens with two attached hydrogens (primary N) is 1. The molecular weight excluding hydrogens is 218 g/mol. The molecule has 0 aliphatic heterocycles. The minimum Gasteiger partial charge on any atom is -0.487 e. The molecule has 0 aliphatic rings. The lowest BCUT2D eigenvalue weighted by molar-refractivity contribution is -0.117. The van der Waals surface area contributed by atoms with Crippen molar-refractivity contribution in [2.24, 2.45) is 5.73 Å². The summed E-state index contributed by atoms with van der Waals surface area (Å²) in [5.74, 6) is -0.473. The minimum absolute atomic E-state index is 0.293. The zero-order valence-electron chi connectivity index (χ0n) is 10.2. The normalized spacial score (nSPS) is 11.0. The van der Waals surface area contributed by atoms with E-state index in [2.05, 4.69) is 6.07 Å². The Balaban J connectivity index is 2.86. The molecule has 0 aromatic heterocycles. The minimum atomic E-state index is -0.638. The smallest absolute Gasteiger partial charge is 0.225 e. The number of Topliss-reactive ketones (excluding diaryl/α,β-unsaturated/α-hetero) is 1. The quantitative estimate of drug-likeness (QED) is 0.637. The first kappa shape index (κ1) is 13.2. The highest BCUT2D eigenvalue weighted by molar-refractivity contribution is 6.07. The Bertz CT molecular complexity index is 433. The maximum absolute atomic E-state index is 11.6. The van der Waals surface area contributed by atoms with Crippen LogP contribution < -0.4 is 10.5 Å². The third kappa shape index (κ3) is 4.68. The van der Waals surface area contributed by atoms with E-state index in [0.29, 0.717) is 11.3 Å². The average Bonchev–Trinajstić information content (AvgIpc) is 2.14. The van der Waals surface area contributed by atoms with E-state index in [9.17, 15) is 9.59 Å². The van der Waals surface area contributed by atoms with Gasteiger partial charge in [-0.1, -0.05) is 6.07 Å². The molecule has 4 nitrogen and oxygen atoms in total. The fraction of sp³-hybridized carbons (Fsp3) is 0.385. The topological polar surface area (TPSA) is 69.4 Å². The van der Waals surface area contributed by atoms with Crippen molar-refractivity contribution in [3.8, 4) is 5.75 Å². The van der Waals surface area contributed by atoms with E-state index in [1.165, 1.54) is 0 Å². The van der Waals surface area contributed by atoms with Gasteiger partial charge < -0.3 is 10.5 Å². The van der Waals surface area contributed by atoms with Gasteiger partial charge >= 0.3 is 0 Å². The van der Waals surface area contributed by atoms with E-state index < -0.39 is 5.91 Å². The summed E-state index contributed by atoms with van der Waals surface area (Å²) in [4.78, 5) is 22.3. The van der Waals surface area contributed by atoms with Crippen LogP contribution in [0.2, 0.25) is 0 Å². The van der Waals surface area contributed by atoms with Gasteiger partial charge in [-0.15, -0.1) is 0 Å². The summed E-state index contributed by atoms with van der Waals surface area (Å²) < 4.78 is 5.57. The van der Waals surface area contributed by atoms with E-state index in [1.54, 1.807) is 18.2 Å². The van der Waals surface area contributed by atoms with Crippen LogP contribution in [0.4, 0.5) is 0 Å². The van der Waals surface area contributed by atoms with Crippen molar-refractivity contribution >= 4 is 11.7 Å². The summed E-state index contributed by atoms with van der Waals surface area (Å²) >= 11 is 0. The molecule has 4 heteroatoms. The molecule has 0 fully saturated rings. The van der Waals surface area contributed by atoms with Gasteiger partial charge in [0.15, 0.2) is 5.78 Å². The second-order valence-corrected chi connectivity index (χ2v) is 4.72. The molecule has 2 N–H and O–H groups in total. The van der Waals surface area contributed by atoms with E-state index in [1.807, 2.05) is 20.8 Å². The number of carbonyl (C=O) groups excluding carboxylic acids is 2. The molecule has 0 heterocycles. The maximum Gasteiger partial charge on any atom is 0.225 e. The second-order valence-electron chi connectivity index (χ2n) is 4.72. The predicted molar refractivity (Wildman–Crippen MR) is 63.8 cm³/mol. The summed E-state index contributed by atoms with van der Waals surface area (Å²) in [5, 5.41) is 0. The van der Waals surface area contributed by atoms with E-state index in [0.717, 1.165) is 0 Å². The monoisotopic (exact) mass is 234 g/mol. The van der Waals surface area contributed by atoms with Gasteiger partial charge in [-0.05, 0) is 32.9 Å². The van der Waals surface area contributed by atoms with E-state index >= 15 is 0 Å². The molecule has 0 saturated heterocycles. The number of ketones is 1. The van der Waals surface area contributed by atoms with Crippen molar-refractivity contribution < 1.29 is 14.3 Å². The zero-order valence-corrected chi connectivity index (χ0v) is 10.2. The van der Waals surface area contributed by atoms with Gasteiger partial charge in [0.05, 0.1) is 6.42 Å². The van der Waals surface area contributed by atoms with Crippen LogP contribution in [0.25, 0.3) is 0 Å². The van der Waals surface area contributed by atoms with Crippen molar-refractivity contribution in [3.63, 3.8) is 0 Å². The van der Waals surface area contributed by atoms with Crippen LogP contribution in [-0.2, 0) is 4.79 Å². The number of hydrogen-bond acceptors (Lipinski definition) is 3. The Kier molecular flexibility index (Phi) is 3.89. The first-order valence-corrected chi connectivity index (χ1v) is 5.30. The Hall–Kier alpha value is -1.84. The highest BCUT2D eigenvalue weighted by Crippen LogP contribution is 2.19. The van der Waals surface area contributed by atoms with Crippen molar-refractivity contribution in [3.05, 3.63) is 29.8 Å². The summed E-state index contributed by atoms with van der Waals surface area (Å²) in [7, 11) is 0. The second kappa shape index (κ2) is 4.99. The molecule has 0 atom stereocenters. The van der Waals surface area contributed by atoms with Crippen molar-refractivity contribution in [2.45, 2.75) is 32.8 Å². The fourth-order valence-electron chi connectivity index (χ4n) is 1.27. The molecular formula is C13H16NO3. The number of primary amides is 1. The fourth-order valence-corrected chi connectivity index (χ4v) is 1.27. The van der Waals surface area contributed by atoms with Gasteiger partial charge in [-0.2, -0.15) is 0 Å². The predicted octanol–water partition coefficient (Wildman–Crippen LogP) is 1.72. The third-order valence-electron chi connectivity index (χ3n) is 1.85. The number of benzene rings is 1. The van der Waals surface area contributed by atoms with Crippen molar-refractivity contribution in [2.75, 3.05) is 0 Å². The van der Waals surface area contributed by atoms with Gasteiger partial charge in [0.1, 0.15) is 11.4 Å². The Labute approximate surface area is 101 Å². The zero-order chi connectivity index (χ0) is 13.1. The molecule has 0 saturated carbocycles. The molecule has 1 radical (unpaired) electrons. The van der Waals surface area contributed by atoms with E-state index in [-0.39, 0.29) is 17.8 Å². The summed E-state index contributed by atoms with van der Waals surface area (Å²) in [6.07, 6.45) is -0.293.